The fourth-order valence-electron chi connectivity index (χ4n) is 1.84. The molecule has 0 radical (unpaired) electrons. The van der Waals surface area contributed by atoms with Crippen LogP contribution < -0.4 is 5.73 Å². The molecule has 0 bridgehead atoms. The minimum Gasteiger partial charge on any atom is -0.377 e. The van der Waals surface area contributed by atoms with Crippen molar-refractivity contribution < 1.29 is 9.53 Å². The molecule has 0 heterocycles. The Morgan fingerprint density at radius 2 is 2.06 bits per heavy atom. The number of ketones is 1. The lowest BCUT2D eigenvalue weighted by Gasteiger charge is -2.10. The first-order chi connectivity index (χ1) is 8.77. The van der Waals surface area contributed by atoms with Crippen LogP contribution >= 0.6 is 0 Å². The molecular weight excluding hydrogens is 226 g/mol. The number of carbonyl (C=O) groups excluding carboxylic acids is 1. The third-order valence-electron chi connectivity index (χ3n) is 3.06. The van der Waals surface area contributed by atoms with E-state index in [4.69, 9.17) is 10.5 Å². The van der Waals surface area contributed by atoms with Gasteiger partial charge in [-0.15, -0.1) is 0 Å². The van der Waals surface area contributed by atoms with Gasteiger partial charge in [0, 0.05) is 25.5 Å². The molecule has 0 amide bonds. The van der Waals surface area contributed by atoms with Crippen molar-refractivity contribution >= 4 is 5.78 Å². The first-order valence-corrected chi connectivity index (χ1v) is 6.62. The molecule has 0 aliphatic heterocycles. The molecule has 0 aromatic heterocycles. The van der Waals surface area contributed by atoms with Crippen molar-refractivity contribution in [2.24, 2.45) is 11.7 Å². The van der Waals surface area contributed by atoms with Crippen molar-refractivity contribution in [2.45, 2.75) is 32.8 Å². The molecule has 1 aromatic carbocycles. The Morgan fingerprint density at radius 1 is 1.33 bits per heavy atom. The lowest BCUT2D eigenvalue weighted by atomic mass is 9.98. The van der Waals surface area contributed by atoms with Gasteiger partial charge in [0.25, 0.3) is 0 Å². The summed E-state index contributed by atoms with van der Waals surface area (Å²) < 4.78 is 5.53. The lowest BCUT2D eigenvalue weighted by Crippen LogP contribution is -2.23. The Morgan fingerprint density at radius 3 is 2.67 bits per heavy atom. The van der Waals surface area contributed by atoms with Gasteiger partial charge < -0.3 is 10.5 Å². The first kappa shape index (κ1) is 14.9. The molecule has 1 atom stereocenters. The molecule has 1 aromatic rings. The highest BCUT2D eigenvalue weighted by Gasteiger charge is 2.13. The number of benzene rings is 1. The summed E-state index contributed by atoms with van der Waals surface area (Å²) in [4.78, 5) is 11.7. The van der Waals surface area contributed by atoms with Crippen LogP contribution in [0.2, 0.25) is 0 Å². The second-order valence-electron chi connectivity index (χ2n) is 4.45. The monoisotopic (exact) mass is 249 g/mol. The van der Waals surface area contributed by atoms with E-state index in [1.54, 1.807) is 0 Å². The van der Waals surface area contributed by atoms with Crippen LogP contribution in [-0.2, 0) is 16.1 Å². The van der Waals surface area contributed by atoms with Gasteiger partial charge in [-0.25, -0.2) is 0 Å². The highest BCUT2D eigenvalue weighted by molar-refractivity contribution is 5.81. The highest BCUT2D eigenvalue weighted by Crippen LogP contribution is 2.07. The molecule has 0 aliphatic rings. The molecule has 1 rings (SSSR count). The van der Waals surface area contributed by atoms with Gasteiger partial charge in [0.1, 0.15) is 5.78 Å². The van der Waals surface area contributed by atoms with Gasteiger partial charge in [-0.1, -0.05) is 37.3 Å². The van der Waals surface area contributed by atoms with Gasteiger partial charge in [-0.2, -0.15) is 0 Å². The van der Waals surface area contributed by atoms with E-state index in [-0.39, 0.29) is 11.7 Å². The Labute approximate surface area is 109 Å². The summed E-state index contributed by atoms with van der Waals surface area (Å²) in [6.07, 6.45) is 2.19. The normalized spacial score (nSPS) is 12.3. The van der Waals surface area contributed by atoms with Gasteiger partial charge in [0.15, 0.2) is 0 Å². The molecule has 0 aliphatic carbocycles. The van der Waals surface area contributed by atoms with Crippen LogP contribution in [-0.4, -0.2) is 18.9 Å². The van der Waals surface area contributed by atoms with E-state index in [1.165, 1.54) is 0 Å². The summed E-state index contributed by atoms with van der Waals surface area (Å²) in [5.41, 5.74) is 6.70. The maximum Gasteiger partial charge on any atom is 0.137 e. The van der Waals surface area contributed by atoms with Crippen molar-refractivity contribution in [3.63, 3.8) is 0 Å². The zero-order valence-corrected chi connectivity index (χ0v) is 11.1. The maximum atomic E-state index is 11.7. The van der Waals surface area contributed by atoms with E-state index >= 15 is 0 Å². The number of hydrogen-bond donors (Lipinski definition) is 1. The molecule has 0 saturated heterocycles. The van der Waals surface area contributed by atoms with E-state index in [9.17, 15) is 4.79 Å². The van der Waals surface area contributed by atoms with Crippen LogP contribution in [0.25, 0.3) is 0 Å². The topological polar surface area (TPSA) is 52.3 Å². The smallest absolute Gasteiger partial charge is 0.137 e. The molecule has 0 spiro atoms. The molecule has 2 N–H and O–H groups in total. The fourth-order valence-corrected chi connectivity index (χ4v) is 1.84. The van der Waals surface area contributed by atoms with E-state index in [1.807, 2.05) is 37.3 Å². The average Bonchev–Trinajstić information content (AvgIpc) is 2.41. The highest BCUT2D eigenvalue weighted by atomic mass is 16.5. The van der Waals surface area contributed by atoms with Crippen molar-refractivity contribution in [3.8, 4) is 0 Å². The van der Waals surface area contributed by atoms with Crippen molar-refractivity contribution in [3.05, 3.63) is 35.9 Å². The van der Waals surface area contributed by atoms with Crippen LogP contribution in [0.4, 0.5) is 0 Å². The predicted molar refractivity (Wildman–Crippen MR) is 73.2 cm³/mol. The number of carbonyl (C=O) groups is 1. The Hall–Kier alpha value is -1.19. The number of Topliss-reactive ketones (excluding diaryl/α,β-unsaturated/α-hetero) is 1. The number of ether oxygens (including phenoxy) is 1. The molecule has 0 saturated carbocycles. The van der Waals surface area contributed by atoms with Crippen LogP contribution in [0, 0.1) is 5.92 Å². The molecule has 100 valence electrons. The summed E-state index contributed by atoms with van der Waals surface area (Å²) in [6, 6.07) is 10.0. The largest absolute Gasteiger partial charge is 0.377 e. The van der Waals surface area contributed by atoms with E-state index < -0.39 is 0 Å². The molecule has 1 unspecified atom stereocenters. The van der Waals surface area contributed by atoms with Crippen molar-refractivity contribution in [1.82, 2.24) is 0 Å². The average molecular weight is 249 g/mol. The van der Waals surface area contributed by atoms with Gasteiger partial charge >= 0.3 is 0 Å². The third kappa shape index (κ3) is 5.43. The Balaban J connectivity index is 2.10. The zero-order chi connectivity index (χ0) is 13.2. The van der Waals surface area contributed by atoms with Gasteiger partial charge in [-0.3, -0.25) is 4.79 Å². The zero-order valence-electron chi connectivity index (χ0n) is 11.1. The molecular formula is C15H23NO2. The second kappa shape index (κ2) is 8.84. The van der Waals surface area contributed by atoms with Gasteiger partial charge in [0.05, 0.1) is 6.61 Å². The SMILES string of the molecule is CCC(CN)C(=O)CCCOCc1ccccc1. The van der Waals surface area contributed by atoms with Crippen molar-refractivity contribution in [1.29, 1.82) is 0 Å². The third-order valence-corrected chi connectivity index (χ3v) is 3.06. The summed E-state index contributed by atoms with van der Waals surface area (Å²) in [7, 11) is 0. The Kier molecular flexibility index (Phi) is 7.30. The van der Waals surface area contributed by atoms with E-state index in [2.05, 4.69) is 0 Å². The van der Waals surface area contributed by atoms with Gasteiger partial charge in [0.2, 0.25) is 0 Å². The summed E-state index contributed by atoms with van der Waals surface area (Å²) in [5.74, 6) is 0.294. The van der Waals surface area contributed by atoms with E-state index in [0.717, 1.165) is 18.4 Å². The van der Waals surface area contributed by atoms with Crippen molar-refractivity contribution in [2.75, 3.05) is 13.2 Å². The van der Waals surface area contributed by atoms with Crippen LogP contribution in [0.3, 0.4) is 0 Å². The van der Waals surface area contributed by atoms with E-state index in [0.29, 0.717) is 26.2 Å². The van der Waals surface area contributed by atoms with Gasteiger partial charge in [-0.05, 0) is 18.4 Å². The second-order valence-corrected chi connectivity index (χ2v) is 4.45. The molecule has 0 fully saturated rings. The quantitative estimate of drug-likeness (QED) is 0.684. The van der Waals surface area contributed by atoms with Crippen LogP contribution in [0.1, 0.15) is 31.7 Å². The standard InChI is InChI=1S/C15H23NO2/c1-2-14(11-16)15(17)9-6-10-18-12-13-7-4-3-5-8-13/h3-5,7-8,14H,2,6,9-12,16H2,1H3. The number of rotatable bonds is 9. The Bertz CT molecular complexity index is 334. The minimum absolute atomic E-state index is 0.0270. The maximum absolute atomic E-state index is 11.7. The molecule has 3 nitrogen and oxygen atoms in total. The predicted octanol–water partition coefficient (Wildman–Crippen LogP) is 2.54. The number of hydrogen-bond acceptors (Lipinski definition) is 3. The summed E-state index contributed by atoms with van der Waals surface area (Å²) >= 11 is 0. The lowest BCUT2D eigenvalue weighted by molar-refractivity contribution is -0.123. The number of nitrogens with two attached hydrogens (primary N) is 1. The first-order valence-electron chi connectivity index (χ1n) is 6.62. The summed E-state index contributed by atoms with van der Waals surface area (Å²) in [6.45, 7) is 3.70. The summed E-state index contributed by atoms with van der Waals surface area (Å²) in [5, 5.41) is 0. The fraction of sp³-hybridized carbons (Fsp3) is 0.533. The molecule has 18 heavy (non-hydrogen) atoms. The molecule has 3 heteroatoms. The minimum atomic E-state index is 0.0270. The van der Waals surface area contributed by atoms with Crippen LogP contribution in [0.5, 0.6) is 0 Å². The van der Waals surface area contributed by atoms with Crippen LogP contribution in [0.15, 0.2) is 30.3 Å².